The number of hydrogen-bond donors (Lipinski definition) is 0. The quantitative estimate of drug-likeness (QED) is 0.443. The maximum atomic E-state index is 11.7. The van der Waals surface area contributed by atoms with Crippen molar-refractivity contribution in [2.45, 2.75) is 24.2 Å². The van der Waals surface area contributed by atoms with Gasteiger partial charge in [0.1, 0.15) is 0 Å². The van der Waals surface area contributed by atoms with Gasteiger partial charge in [-0.2, -0.15) is 0 Å². The molecule has 0 aliphatic heterocycles. The van der Waals surface area contributed by atoms with Crippen LogP contribution in [0.5, 0.6) is 0 Å². The van der Waals surface area contributed by atoms with Crippen molar-refractivity contribution in [1.29, 1.82) is 0 Å². The lowest BCUT2D eigenvalue weighted by Gasteiger charge is -2.28. The highest BCUT2D eigenvalue weighted by Gasteiger charge is 2.34. The summed E-state index contributed by atoms with van der Waals surface area (Å²) >= 11 is 0. The van der Waals surface area contributed by atoms with Gasteiger partial charge in [-0.1, -0.05) is 24.3 Å². The summed E-state index contributed by atoms with van der Waals surface area (Å²) in [6.07, 6.45) is 7.14. The van der Waals surface area contributed by atoms with Crippen molar-refractivity contribution in [2.75, 3.05) is 0 Å². The van der Waals surface area contributed by atoms with Crippen molar-refractivity contribution < 1.29 is 8.58 Å². The SMILES string of the molecule is C=C[14CH2][Si](=O)O[Si]([14CH2]C=C)([14CH2]C=C)[14CH2]C=C. The maximum Gasteiger partial charge on any atom is 0.492 e. The van der Waals surface area contributed by atoms with Crippen LogP contribution in [-0.4, -0.2) is 17.2 Å². The van der Waals surface area contributed by atoms with Crippen molar-refractivity contribution in [1.82, 2.24) is 0 Å². The Bertz CT molecular complexity index is 258. The first kappa shape index (κ1) is 15.0. The molecule has 88 valence electrons. The molecule has 4 heteroatoms. The van der Waals surface area contributed by atoms with Gasteiger partial charge in [0, 0.05) is 6.04 Å². The van der Waals surface area contributed by atoms with Gasteiger partial charge in [-0.3, -0.25) is 0 Å². The first-order valence-electron chi connectivity index (χ1n) is 5.29. The Morgan fingerprint density at radius 2 is 1.38 bits per heavy atom. The molecule has 0 saturated heterocycles. The molecule has 0 atom stereocenters. The Hall–Kier alpha value is -1.01. The van der Waals surface area contributed by atoms with Crippen molar-refractivity contribution in [3.8, 4) is 0 Å². The lowest BCUT2D eigenvalue weighted by molar-refractivity contribution is 0.448. The van der Waals surface area contributed by atoms with Crippen LogP contribution in [0.3, 0.4) is 0 Å². The number of rotatable bonds is 10. The van der Waals surface area contributed by atoms with Gasteiger partial charge < -0.3 is 8.58 Å². The van der Waals surface area contributed by atoms with Gasteiger partial charge in [0.15, 0.2) is 0 Å². The average molecular weight is 260 g/mol. The minimum Gasteiger partial charge on any atom is -0.578 e. The van der Waals surface area contributed by atoms with Crippen LogP contribution in [0.2, 0.25) is 24.2 Å². The van der Waals surface area contributed by atoms with Crippen LogP contribution in [0.4, 0.5) is 0 Å². The minimum atomic E-state index is -2.07. The summed E-state index contributed by atoms with van der Waals surface area (Å²) in [5.74, 6) is 0. The van der Waals surface area contributed by atoms with E-state index in [-0.39, 0.29) is 0 Å². The molecule has 0 aliphatic rings. The lowest BCUT2D eigenvalue weighted by atomic mass is 11.1. The third-order valence-electron chi connectivity index (χ3n) is 2.19. The zero-order valence-corrected chi connectivity index (χ0v) is 11.8. The van der Waals surface area contributed by atoms with E-state index < -0.39 is 17.2 Å². The molecule has 0 unspecified atom stereocenters. The Morgan fingerprint density at radius 3 is 1.69 bits per heavy atom. The summed E-state index contributed by atoms with van der Waals surface area (Å²) in [6.45, 7) is 14.8. The molecular formula is C12H20O2Si2. The highest BCUT2D eigenvalue weighted by molar-refractivity contribution is 6.79. The molecule has 0 saturated carbocycles. The fourth-order valence-electron chi connectivity index (χ4n) is 1.57. The summed E-state index contributed by atoms with van der Waals surface area (Å²) in [7, 11) is -4.08. The molecule has 2 nitrogen and oxygen atoms in total. The molecule has 0 amide bonds. The molecule has 0 aromatic heterocycles. The second kappa shape index (κ2) is 8.18. The maximum absolute atomic E-state index is 11.7. The van der Waals surface area contributed by atoms with E-state index in [2.05, 4.69) is 26.3 Å². The zero-order chi connectivity index (χ0) is 12.4. The Kier molecular flexibility index (Phi) is 7.67. The largest absolute Gasteiger partial charge is 0.578 e. The molecule has 0 rings (SSSR count). The third kappa shape index (κ3) is 5.18. The molecule has 0 N–H and O–H groups in total. The second-order valence-corrected chi connectivity index (χ2v) is 9.19. The fraction of sp³-hybridized carbons (Fsp3) is 0.333. The zero-order valence-electron chi connectivity index (χ0n) is 9.78. The van der Waals surface area contributed by atoms with Crippen molar-refractivity contribution in [3.63, 3.8) is 0 Å². The topological polar surface area (TPSA) is 26.3 Å². The van der Waals surface area contributed by atoms with Crippen molar-refractivity contribution in [2.24, 2.45) is 0 Å². The Balaban J connectivity index is 4.76. The molecule has 0 radical (unpaired) electrons. The molecule has 0 aromatic carbocycles. The normalized spacial score (nSPS) is 10.2. The van der Waals surface area contributed by atoms with E-state index in [0.29, 0.717) is 6.04 Å². The van der Waals surface area contributed by atoms with E-state index in [1.165, 1.54) is 0 Å². The Labute approximate surface area is 101 Å². The monoisotopic (exact) mass is 260 g/mol. The van der Waals surface area contributed by atoms with Gasteiger partial charge in [-0.05, 0) is 18.1 Å². The summed E-state index contributed by atoms with van der Waals surface area (Å²) in [5, 5.41) is 0. The predicted octanol–water partition coefficient (Wildman–Crippen LogP) is 3.61. The highest BCUT2D eigenvalue weighted by atomic mass is 28.4. The van der Waals surface area contributed by atoms with Crippen LogP contribution in [0.1, 0.15) is 0 Å². The van der Waals surface area contributed by atoms with Crippen LogP contribution >= 0.6 is 0 Å². The van der Waals surface area contributed by atoms with Crippen LogP contribution in [0, 0.1) is 0 Å². The average Bonchev–Trinajstić information content (AvgIpc) is 2.18. The van der Waals surface area contributed by atoms with Crippen LogP contribution < -0.4 is 0 Å². The summed E-state index contributed by atoms with van der Waals surface area (Å²) < 4.78 is 17.5. The molecule has 0 aromatic rings. The van der Waals surface area contributed by atoms with Gasteiger partial charge in [-0.15, -0.1) is 26.3 Å². The smallest absolute Gasteiger partial charge is 0.492 e. The van der Waals surface area contributed by atoms with E-state index in [4.69, 9.17) is 4.12 Å². The highest BCUT2D eigenvalue weighted by Crippen LogP contribution is 2.24. The van der Waals surface area contributed by atoms with E-state index in [0.717, 1.165) is 18.1 Å². The molecule has 16 heavy (non-hydrogen) atoms. The van der Waals surface area contributed by atoms with Crippen LogP contribution in [0.15, 0.2) is 50.6 Å². The van der Waals surface area contributed by atoms with E-state index in [1.54, 1.807) is 6.08 Å². The number of allylic oxidation sites excluding steroid dienone is 4. The standard InChI is InChI=1S/C12H20O2Si2/c1-5-9-15(13)14-16(10-6-2,11-7-3)12-8-4/h5-8H,1-4,9-12H2/i9+2,10+2,11+2,12+2. The van der Waals surface area contributed by atoms with Gasteiger partial charge in [0.2, 0.25) is 8.32 Å². The number of hydrogen-bond acceptors (Lipinski definition) is 2. The van der Waals surface area contributed by atoms with Crippen molar-refractivity contribution in [3.05, 3.63) is 50.6 Å². The first-order chi connectivity index (χ1) is 7.64. The molecular weight excluding hydrogens is 240 g/mol. The van der Waals surface area contributed by atoms with Crippen LogP contribution in [0.25, 0.3) is 0 Å². The molecule has 0 fully saturated rings. The van der Waals surface area contributed by atoms with E-state index in [9.17, 15) is 4.46 Å². The molecule has 0 aliphatic carbocycles. The first-order valence-corrected chi connectivity index (χ1v) is 9.35. The van der Waals surface area contributed by atoms with E-state index in [1.807, 2.05) is 18.2 Å². The summed E-state index contributed by atoms with van der Waals surface area (Å²) in [6, 6.07) is 2.76. The van der Waals surface area contributed by atoms with Gasteiger partial charge in [0.25, 0.3) is 0 Å². The van der Waals surface area contributed by atoms with Gasteiger partial charge >= 0.3 is 8.93 Å². The predicted molar refractivity (Wildman–Crippen MR) is 73.3 cm³/mol. The van der Waals surface area contributed by atoms with Crippen LogP contribution in [-0.2, 0) is 8.58 Å². The third-order valence-corrected chi connectivity index (χ3v) is 8.55. The minimum absolute atomic E-state index is 0.435. The second-order valence-electron chi connectivity index (χ2n) is 3.63. The lowest BCUT2D eigenvalue weighted by Crippen LogP contribution is -2.39. The molecule has 0 bridgehead atoms. The van der Waals surface area contributed by atoms with Gasteiger partial charge in [-0.25, -0.2) is 0 Å². The molecule has 0 spiro atoms. The van der Waals surface area contributed by atoms with E-state index >= 15 is 0 Å². The van der Waals surface area contributed by atoms with Gasteiger partial charge in [0.05, 0.1) is 0 Å². The van der Waals surface area contributed by atoms with Crippen molar-refractivity contribution >= 4 is 17.2 Å². The Morgan fingerprint density at radius 1 is 0.938 bits per heavy atom. The summed E-state index contributed by atoms with van der Waals surface area (Å²) in [5.41, 5.74) is 0. The summed E-state index contributed by atoms with van der Waals surface area (Å²) in [4.78, 5) is 0. The molecule has 0 heterocycles. The fourth-order valence-corrected chi connectivity index (χ4v) is 7.14.